The minimum absolute atomic E-state index is 1.08. The molecule has 0 bridgehead atoms. The van der Waals surface area contributed by atoms with Gasteiger partial charge in [0, 0.05) is 27.2 Å². The van der Waals surface area contributed by atoms with E-state index in [1.165, 1.54) is 53.7 Å². The summed E-state index contributed by atoms with van der Waals surface area (Å²) in [5, 5.41) is 7.35. The summed E-state index contributed by atoms with van der Waals surface area (Å²) in [7, 11) is 0. The predicted octanol–water partition coefficient (Wildman–Crippen LogP) is 10.4. The Balaban J connectivity index is 1.40. The molecule has 0 amide bonds. The Kier molecular flexibility index (Phi) is 5.02. The number of aromatic nitrogens is 1. The van der Waals surface area contributed by atoms with Crippen molar-refractivity contribution in [1.29, 1.82) is 0 Å². The van der Waals surface area contributed by atoms with Crippen LogP contribution in [-0.2, 0) is 0 Å². The Labute approximate surface area is 219 Å². The van der Waals surface area contributed by atoms with Gasteiger partial charge in [-0.1, -0.05) is 98.1 Å². The molecule has 7 rings (SSSR count). The van der Waals surface area contributed by atoms with Crippen LogP contribution in [0.3, 0.4) is 0 Å². The van der Waals surface area contributed by atoms with E-state index < -0.39 is 0 Å². The molecule has 0 radical (unpaired) electrons. The molecule has 2 aromatic heterocycles. The van der Waals surface area contributed by atoms with Crippen LogP contribution in [0.5, 0.6) is 0 Å². The summed E-state index contributed by atoms with van der Waals surface area (Å²) in [6.07, 6.45) is 5.89. The molecule has 0 fully saturated rings. The Morgan fingerprint density at radius 2 is 1.14 bits per heavy atom. The Morgan fingerprint density at radius 1 is 0.514 bits per heavy atom. The fourth-order valence-corrected chi connectivity index (χ4v) is 6.54. The molecule has 2 heterocycles. The van der Waals surface area contributed by atoms with Crippen LogP contribution in [0.1, 0.15) is 11.1 Å². The van der Waals surface area contributed by atoms with Gasteiger partial charge in [-0.3, -0.25) is 0 Å². The predicted molar refractivity (Wildman–Crippen MR) is 163 cm³/mol. The van der Waals surface area contributed by atoms with Gasteiger partial charge >= 0.3 is 0 Å². The molecule has 2 heteroatoms. The lowest BCUT2D eigenvalue weighted by Gasteiger charge is -2.14. The molecule has 0 saturated carbocycles. The van der Waals surface area contributed by atoms with Gasteiger partial charge < -0.3 is 0 Å². The number of thiophene rings is 1. The summed E-state index contributed by atoms with van der Waals surface area (Å²) < 4.78 is 1.28. The molecule has 5 aromatic carbocycles. The highest BCUT2D eigenvalue weighted by atomic mass is 32.1. The second-order valence-electron chi connectivity index (χ2n) is 9.30. The Bertz CT molecular complexity index is 2030. The average molecular weight is 490 g/mol. The van der Waals surface area contributed by atoms with Crippen molar-refractivity contribution >= 4 is 65.3 Å². The number of pyridine rings is 1. The molecule has 7 aromatic rings. The first-order chi connectivity index (χ1) is 18.2. The summed E-state index contributed by atoms with van der Waals surface area (Å²) in [5.74, 6) is 0. The second-order valence-corrected chi connectivity index (χ2v) is 10.3. The van der Waals surface area contributed by atoms with E-state index in [1.54, 1.807) is 11.3 Å². The maximum Gasteiger partial charge on any atom is 0.124 e. The van der Waals surface area contributed by atoms with Crippen molar-refractivity contribution in [2.24, 2.45) is 0 Å². The van der Waals surface area contributed by atoms with E-state index in [1.807, 2.05) is 18.3 Å². The third-order valence-electron chi connectivity index (χ3n) is 7.28. The summed E-state index contributed by atoms with van der Waals surface area (Å²) in [5.41, 5.74) is 6.94. The summed E-state index contributed by atoms with van der Waals surface area (Å²) in [6, 6.07) is 34.9. The molecule has 0 spiro atoms. The van der Waals surface area contributed by atoms with Crippen LogP contribution in [0.25, 0.3) is 76.3 Å². The number of benzene rings is 5. The van der Waals surface area contributed by atoms with Crippen LogP contribution in [-0.4, -0.2) is 4.98 Å². The van der Waals surface area contributed by atoms with E-state index in [0.29, 0.717) is 0 Å². The zero-order valence-electron chi connectivity index (χ0n) is 20.2. The van der Waals surface area contributed by atoms with Crippen molar-refractivity contribution in [2.45, 2.75) is 0 Å². The first-order valence-corrected chi connectivity index (χ1v) is 13.2. The third kappa shape index (κ3) is 3.41. The van der Waals surface area contributed by atoms with Crippen LogP contribution < -0.4 is 0 Å². The van der Waals surface area contributed by atoms with Crippen LogP contribution >= 0.6 is 11.3 Å². The summed E-state index contributed by atoms with van der Waals surface area (Å²) >= 11 is 1.75. The topological polar surface area (TPSA) is 12.9 Å². The molecule has 0 N–H and O–H groups in total. The number of hydrogen-bond acceptors (Lipinski definition) is 2. The SMILES string of the molecule is C=Cc1c(C=C)c2ccc(-c3cccc(-c4cnc5sc6ccccc6c5c4)c3)cc2c2ccccc12. The molecule has 0 aliphatic rings. The van der Waals surface area contributed by atoms with Crippen molar-refractivity contribution in [3.8, 4) is 22.3 Å². The number of fused-ring (bicyclic) bond motifs is 6. The lowest BCUT2D eigenvalue weighted by Crippen LogP contribution is -1.90. The third-order valence-corrected chi connectivity index (χ3v) is 8.37. The lowest BCUT2D eigenvalue weighted by atomic mass is 9.89. The van der Waals surface area contributed by atoms with Crippen molar-refractivity contribution in [3.05, 3.63) is 128 Å². The van der Waals surface area contributed by atoms with Crippen LogP contribution in [0.4, 0.5) is 0 Å². The van der Waals surface area contributed by atoms with Crippen LogP contribution in [0, 0.1) is 0 Å². The smallest absolute Gasteiger partial charge is 0.124 e. The minimum atomic E-state index is 1.08. The highest BCUT2D eigenvalue weighted by Crippen LogP contribution is 2.38. The van der Waals surface area contributed by atoms with Crippen molar-refractivity contribution < 1.29 is 0 Å². The first kappa shape index (κ1) is 21.7. The Morgan fingerprint density at radius 3 is 1.92 bits per heavy atom. The van der Waals surface area contributed by atoms with Gasteiger partial charge in [-0.05, 0) is 73.6 Å². The van der Waals surface area contributed by atoms with Gasteiger partial charge in [0.2, 0.25) is 0 Å². The number of nitrogens with zero attached hydrogens (tertiary/aromatic N) is 1. The number of rotatable bonds is 4. The molecule has 37 heavy (non-hydrogen) atoms. The quantitative estimate of drug-likeness (QED) is 0.224. The molecule has 0 unspecified atom stereocenters. The van der Waals surface area contributed by atoms with Gasteiger partial charge in [-0.2, -0.15) is 0 Å². The van der Waals surface area contributed by atoms with Gasteiger partial charge in [-0.25, -0.2) is 4.98 Å². The highest BCUT2D eigenvalue weighted by Gasteiger charge is 2.13. The van der Waals surface area contributed by atoms with Crippen molar-refractivity contribution in [3.63, 3.8) is 0 Å². The molecule has 0 aliphatic heterocycles. The van der Waals surface area contributed by atoms with Gasteiger partial charge in [0.15, 0.2) is 0 Å². The van der Waals surface area contributed by atoms with E-state index in [0.717, 1.165) is 21.5 Å². The van der Waals surface area contributed by atoms with E-state index in [4.69, 9.17) is 4.98 Å². The zero-order chi connectivity index (χ0) is 24.9. The minimum Gasteiger partial charge on any atom is -0.245 e. The molecule has 0 atom stereocenters. The van der Waals surface area contributed by atoms with Gasteiger partial charge in [0.1, 0.15) is 4.83 Å². The molecule has 1 nitrogen and oxygen atoms in total. The summed E-state index contributed by atoms with van der Waals surface area (Å²) in [4.78, 5) is 5.89. The maximum absolute atomic E-state index is 4.81. The van der Waals surface area contributed by atoms with E-state index in [2.05, 4.69) is 110 Å². The van der Waals surface area contributed by atoms with Crippen molar-refractivity contribution in [1.82, 2.24) is 4.98 Å². The lowest BCUT2D eigenvalue weighted by molar-refractivity contribution is 1.44. The maximum atomic E-state index is 4.81. The molecule has 174 valence electrons. The van der Waals surface area contributed by atoms with Crippen LogP contribution in [0.15, 0.2) is 116 Å². The monoisotopic (exact) mass is 489 g/mol. The van der Waals surface area contributed by atoms with Crippen molar-refractivity contribution in [2.75, 3.05) is 0 Å². The largest absolute Gasteiger partial charge is 0.245 e. The standard InChI is InChI=1S/C35H23NS/c1-3-26-27(4-2)30-17-16-24(19-32(30)29-13-6-5-12-28(26)29)22-10-9-11-23(18-22)25-20-33-31-14-7-8-15-34(31)37-35(33)36-21-25/h3-21H,1-2H2. The molecule has 0 saturated heterocycles. The Hall–Kier alpha value is -4.53. The van der Waals surface area contributed by atoms with E-state index in [9.17, 15) is 0 Å². The zero-order valence-corrected chi connectivity index (χ0v) is 21.1. The van der Waals surface area contributed by atoms with Gasteiger partial charge in [-0.15, -0.1) is 11.3 Å². The van der Waals surface area contributed by atoms with Gasteiger partial charge in [0.05, 0.1) is 0 Å². The highest BCUT2D eigenvalue weighted by molar-refractivity contribution is 7.25. The average Bonchev–Trinajstić information content (AvgIpc) is 3.34. The fourth-order valence-electron chi connectivity index (χ4n) is 5.51. The van der Waals surface area contributed by atoms with Gasteiger partial charge in [0.25, 0.3) is 0 Å². The molecule has 0 aliphatic carbocycles. The molecular weight excluding hydrogens is 466 g/mol. The first-order valence-electron chi connectivity index (χ1n) is 12.4. The van der Waals surface area contributed by atoms with Crippen LogP contribution in [0.2, 0.25) is 0 Å². The fraction of sp³-hybridized carbons (Fsp3) is 0. The second kappa shape index (κ2) is 8.55. The van der Waals surface area contributed by atoms with E-state index in [-0.39, 0.29) is 0 Å². The molecular formula is C35H23NS. The number of hydrogen-bond donors (Lipinski definition) is 0. The normalized spacial score (nSPS) is 11.5. The van der Waals surface area contributed by atoms with E-state index >= 15 is 0 Å². The summed E-state index contributed by atoms with van der Waals surface area (Å²) in [6.45, 7) is 8.19.